The first kappa shape index (κ1) is 15.8. The quantitative estimate of drug-likeness (QED) is 0.481. The van der Waals surface area contributed by atoms with Gasteiger partial charge in [-0.25, -0.2) is 4.98 Å². The number of hydrogen-bond donors (Lipinski definition) is 1. The van der Waals surface area contributed by atoms with Crippen molar-refractivity contribution in [3.8, 4) is 11.4 Å². The second kappa shape index (κ2) is 6.44. The molecule has 2 rings (SSSR count). The molecule has 0 saturated carbocycles. The van der Waals surface area contributed by atoms with Crippen LogP contribution in [0.3, 0.4) is 0 Å². The van der Waals surface area contributed by atoms with Crippen molar-refractivity contribution in [3.05, 3.63) is 48.7 Å². The Balaban J connectivity index is 2.64. The third kappa shape index (κ3) is 3.36. The van der Waals surface area contributed by atoms with E-state index in [0.717, 1.165) is 28.6 Å². The molecule has 1 heterocycles. The predicted molar refractivity (Wildman–Crippen MR) is 87.9 cm³/mol. The normalized spacial score (nSPS) is 10.6. The van der Waals surface area contributed by atoms with Crippen LogP contribution in [0.2, 0.25) is 0 Å². The molecule has 2 aromatic rings. The van der Waals surface area contributed by atoms with Crippen LogP contribution in [0, 0.1) is 21.7 Å². The topological polar surface area (TPSA) is 71.8 Å². The number of nitro benzene ring substituents is 1. The zero-order valence-corrected chi connectivity index (χ0v) is 14.0. The van der Waals surface area contributed by atoms with Crippen LogP contribution in [-0.2, 0) is 6.42 Å². The largest absolute Gasteiger partial charge is 0.342 e. The summed E-state index contributed by atoms with van der Waals surface area (Å²) in [5.74, 6) is 0.563. The zero-order valence-electron chi connectivity index (χ0n) is 11.6. The minimum atomic E-state index is -0.413. The summed E-state index contributed by atoms with van der Waals surface area (Å²) >= 11 is 8.70. The van der Waals surface area contributed by atoms with Crippen molar-refractivity contribution in [2.75, 3.05) is 0 Å². The van der Waals surface area contributed by atoms with Gasteiger partial charge < -0.3 is 4.98 Å². The highest BCUT2D eigenvalue weighted by atomic mass is 79.9. The van der Waals surface area contributed by atoms with Crippen LogP contribution in [0.5, 0.6) is 0 Å². The van der Waals surface area contributed by atoms with Gasteiger partial charge in [-0.3, -0.25) is 10.1 Å². The number of rotatable bonds is 4. The SMILES string of the molecule is CCCc1[nH]c(-c2cc([N+](=O)[O-])ccc2C)nc(=S)c1Br. The van der Waals surface area contributed by atoms with Gasteiger partial charge in [0.1, 0.15) is 10.5 Å². The van der Waals surface area contributed by atoms with E-state index in [0.29, 0.717) is 16.0 Å². The molecule has 0 radical (unpaired) electrons. The monoisotopic (exact) mass is 367 g/mol. The van der Waals surface area contributed by atoms with E-state index in [1.54, 1.807) is 6.07 Å². The summed E-state index contributed by atoms with van der Waals surface area (Å²) in [7, 11) is 0. The highest BCUT2D eigenvalue weighted by molar-refractivity contribution is 9.10. The Bertz CT molecular complexity index is 758. The number of H-pyrrole nitrogens is 1. The number of aryl methyl sites for hydroxylation is 2. The molecular weight excluding hydrogens is 354 g/mol. The van der Waals surface area contributed by atoms with E-state index in [9.17, 15) is 10.1 Å². The molecule has 0 aliphatic heterocycles. The molecular formula is C14H14BrN3O2S. The Morgan fingerprint density at radius 2 is 2.19 bits per heavy atom. The molecule has 1 aromatic carbocycles. The fraction of sp³-hybridized carbons (Fsp3) is 0.286. The number of aromatic amines is 1. The Morgan fingerprint density at radius 3 is 2.81 bits per heavy atom. The highest BCUT2D eigenvalue weighted by Gasteiger charge is 2.13. The van der Waals surface area contributed by atoms with E-state index < -0.39 is 4.92 Å². The molecule has 1 aromatic heterocycles. The molecule has 0 aliphatic rings. The molecule has 1 N–H and O–H groups in total. The van der Waals surface area contributed by atoms with Crippen molar-refractivity contribution in [3.63, 3.8) is 0 Å². The minimum Gasteiger partial charge on any atom is -0.342 e. The first-order chi connectivity index (χ1) is 9.93. The summed E-state index contributed by atoms with van der Waals surface area (Å²) in [4.78, 5) is 18.1. The second-order valence-corrected chi connectivity index (χ2v) is 5.87. The van der Waals surface area contributed by atoms with Gasteiger partial charge >= 0.3 is 0 Å². The molecule has 0 fully saturated rings. The fourth-order valence-corrected chi connectivity index (χ4v) is 2.63. The van der Waals surface area contributed by atoms with Gasteiger partial charge in [0.25, 0.3) is 5.69 Å². The lowest BCUT2D eigenvalue weighted by Gasteiger charge is -2.10. The van der Waals surface area contributed by atoms with Gasteiger partial charge in [0.15, 0.2) is 0 Å². The summed E-state index contributed by atoms with van der Waals surface area (Å²) in [5.41, 5.74) is 2.60. The number of benzene rings is 1. The van der Waals surface area contributed by atoms with E-state index in [1.807, 2.05) is 6.92 Å². The Labute approximate surface area is 135 Å². The summed E-state index contributed by atoms with van der Waals surface area (Å²) in [6, 6.07) is 4.72. The molecule has 0 aliphatic carbocycles. The maximum absolute atomic E-state index is 10.9. The zero-order chi connectivity index (χ0) is 15.6. The maximum atomic E-state index is 10.9. The average molecular weight is 368 g/mol. The van der Waals surface area contributed by atoms with E-state index in [-0.39, 0.29) is 5.69 Å². The van der Waals surface area contributed by atoms with Gasteiger partial charge in [-0.05, 0) is 34.8 Å². The van der Waals surface area contributed by atoms with E-state index in [4.69, 9.17) is 12.2 Å². The molecule has 0 unspecified atom stereocenters. The van der Waals surface area contributed by atoms with Gasteiger partial charge in [0, 0.05) is 23.4 Å². The van der Waals surface area contributed by atoms with Crippen LogP contribution in [0.15, 0.2) is 22.7 Å². The van der Waals surface area contributed by atoms with Crippen LogP contribution in [-0.4, -0.2) is 14.9 Å². The fourth-order valence-electron chi connectivity index (χ4n) is 2.03. The van der Waals surface area contributed by atoms with E-state index in [2.05, 4.69) is 32.8 Å². The predicted octanol–water partition coefficient (Wildman–Crippen LogP) is 4.74. The maximum Gasteiger partial charge on any atom is 0.270 e. The lowest BCUT2D eigenvalue weighted by molar-refractivity contribution is -0.384. The van der Waals surface area contributed by atoms with Gasteiger partial charge in [-0.15, -0.1) is 0 Å². The molecule has 21 heavy (non-hydrogen) atoms. The van der Waals surface area contributed by atoms with Crippen molar-refractivity contribution in [2.24, 2.45) is 0 Å². The van der Waals surface area contributed by atoms with Crippen LogP contribution >= 0.6 is 28.1 Å². The van der Waals surface area contributed by atoms with Crippen molar-refractivity contribution < 1.29 is 4.92 Å². The van der Waals surface area contributed by atoms with Crippen LogP contribution in [0.4, 0.5) is 5.69 Å². The van der Waals surface area contributed by atoms with Crippen LogP contribution < -0.4 is 0 Å². The first-order valence-electron chi connectivity index (χ1n) is 6.48. The van der Waals surface area contributed by atoms with Gasteiger partial charge in [-0.1, -0.05) is 31.6 Å². The van der Waals surface area contributed by atoms with Crippen LogP contribution in [0.1, 0.15) is 24.6 Å². The average Bonchev–Trinajstić information content (AvgIpc) is 2.44. The summed E-state index contributed by atoms with van der Waals surface area (Å²) < 4.78 is 1.24. The van der Waals surface area contributed by atoms with E-state index >= 15 is 0 Å². The van der Waals surface area contributed by atoms with Crippen molar-refractivity contribution in [2.45, 2.75) is 26.7 Å². The lowest BCUT2D eigenvalue weighted by atomic mass is 10.1. The minimum absolute atomic E-state index is 0.0386. The van der Waals surface area contributed by atoms with E-state index in [1.165, 1.54) is 12.1 Å². The smallest absolute Gasteiger partial charge is 0.270 e. The number of non-ortho nitro benzene ring substituents is 1. The molecule has 5 nitrogen and oxygen atoms in total. The number of aromatic nitrogens is 2. The number of nitrogens with one attached hydrogen (secondary N) is 1. The van der Waals surface area contributed by atoms with Gasteiger partial charge in [0.2, 0.25) is 0 Å². The molecule has 0 amide bonds. The molecule has 0 bridgehead atoms. The van der Waals surface area contributed by atoms with Crippen molar-refractivity contribution >= 4 is 33.8 Å². The Hall–Kier alpha value is -1.60. The summed E-state index contributed by atoms with van der Waals surface area (Å²) in [6.45, 7) is 3.96. The molecule has 0 spiro atoms. The first-order valence-corrected chi connectivity index (χ1v) is 7.68. The van der Waals surface area contributed by atoms with Crippen LogP contribution in [0.25, 0.3) is 11.4 Å². The number of hydrogen-bond acceptors (Lipinski definition) is 4. The Kier molecular flexibility index (Phi) is 4.84. The van der Waals surface area contributed by atoms with Gasteiger partial charge in [0.05, 0.1) is 9.40 Å². The molecule has 0 saturated heterocycles. The standard InChI is InChI=1S/C14H14BrN3O2S/c1-3-4-11-12(15)14(21)17-13(16-11)10-7-9(18(19)20)6-5-8(10)2/h5-7H,3-4H2,1-2H3,(H,16,17,21). The summed E-state index contributed by atoms with van der Waals surface area (Å²) in [6.07, 6.45) is 1.79. The number of nitrogens with zero attached hydrogens (tertiary/aromatic N) is 2. The molecule has 0 atom stereocenters. The van der Waals surface area contributed by atoms with Crippen molar-refractivity contribution in [1.82, 2.24) is 9.97 Å². The lowest BCUT2D eigenvalue weighted by Crippen LogP contribution is -2.00. The third-order valence-corrected chi connectivity index (χ3v) is 4.53. The van der Waals surface area contributed by atoms with Gasteiger partial charge in [-0.2, -0.15) is 0 Å². The second-order valence-electron chi connectivity index (χ2n) is 4.69. The number of halogens is 1. The highest BCUT2D eigenvalue weighted by Crippen LogP contribution is 2.27. The molecule has 110 valence electrons. The number of nitro groups is 1. The summed E-state index contributed by atoms with van der Waals surface area (Å²) in [5, 5.41) is 10.9. The third-order valence-electron chi connectivity index (χ3n) is 3.12. The molecule has 7 heteroatoms. The Morgan fingerprint density at radius 1 is 1.48 bits per heavy atom. The van der Waals surface area contributed by atoms with Crippen molar-refractivity contribution in [1.29, 1.82) is 0 Å².